The SMILES string of the molecule is C[C@]12CC[C@H]3[C@@H](C[C@H]4O[C@]45CC=CC(=O)[C@]35C)[C@@H]1C[C@@H](O)[C@@H]2[C@@H]1C[C@@]2(C)C(=O)O[C@@H]1C[C@]2(C)O. The maximum absolute atomic E-state index is 13.3. The van der Waals surface area contributed by atoms with Crippen LogP contribution in [0.25, 0.3) is 0 Å². The fraction of sp³-hybridized carbons (Fsp3) is 0.857. The number of epoxide rings is 1. The summed E-state index contributed by atoms with van der Waals surface area (Å²) < 4.78 is 12.2. The molecule has 0 aromatic rings. The van der Waals surface area contributed by atoms with Gasteiger partial charge in [-0.2, -0.15) is 0 Å². The van der Waals surface area contributed by atoms with Crippen LogP contribution in [0.1, 0.15) is 72.6 Å². The molecule has 0 radical (unpaired) electrons. The lowest BCUT2D eigenvalue weighted by Gasteiger charge is -2.60. The number of esters is 1. The lowest BCUT2D eigenvalue weighted by atomic mass is 9.44. The van der Waals surface area contributed by atoms with Gasteiger partial charge in [0.25, 0.3) is 0 Å². The Kier molecular flexibility index (Phi) is 3.99. The van der Waals surface area contributed by atoms with Crippen LogP contribution in [0.2, 0.25) is 0 Å². The minimum absolute atomic E-state index is 0.0357. The molecular weight excluding hydrogens is 432 g/mol. The van der Waals surface area contributed by atoms with E-state index in [9.17, 15) is 19.8 Å². The van der Waals surface area contributed by atoms with Crippen molar-refractivity contribution in [3.05, 3.63) is 12.2 Å². The van der Waals surface area contributed by atoms with Gasteiger partial charge in [-0.05, 0) is 94.5 Å². The van der Waals surface area contributed by atoms with Crippen LogP contribution in [-0.2, 0) is 19.1 Å². The summed E-state index contributed by atoms with van der Waals surface area (Å²) in [6, 6.07) is 0. The summed E-state index contributed by atoms with van der Waals surface area (Å²) in [4.78, 5) is 26.0. The van der Waals surface area contributed by atoms with E-state index in [2.05, 4.69) is 13.8 Å². The predicted octanol–water partition coefficient (Wildman–Crippen LogP) is 3.19. The molecule has 0 aromatic carbocycles. The highest BCUT2D eigenvalue weighted by atomic mass is 16.6. The second-order valence-electron chi connectivity index (χ2n) is 13.8. The molecule has 186 valence electrons. The summed E-state index contributed by atoms with van der Waals surface area (Å²) in [5.74, 6) is 0.991. The molecule has 6 nitrogen and oxygen atoms in total. The maximum atomic E-state index is 13.3. The maximum Gasteiger partial charge on any atom is 0.315 e. The van der Waals surface area contributed by atoms with Gasteiger partial charge in [0.05, 0.1) is 28.6 Å². The number of allylic oxidation sites excluding steroid dienone is 1. The first kappa shape index (κ1) is 22.0. The van der Waals surface area contributed by atoms with E-state index in [4.69, 9.17) is 9.47 Å². The standard InChI is InChI=1S/C28H38O6/c1-24-9-7-16-14(10-21-28(34-21)8-5-6-20(30)27(16,28)4)17(24)11-18(29)22(24)15-12-25(2)23(31)33-19(15)13-26(25,3)32/h5-6,14-19,21-22,29,32H,7-13H2,1-4H3/t14-,15-,16+,17+,18-,19-,21-,22+,24+,25+,26+,27+,28-/m1/s1. The fourth-order valence-electron chi connectivity index (χ4n) is 10.6. The molecule has 4 saturated carbocycles. The summed E-state index contributed by atoms with van der Waals surface area (Å²) in [6.45, 7) is 8.10. The van der Waals surface area contributed by atoms with Crippen LogP contribution in [0, 0.1) is 45.8 Å². The number of ketones is 1. The van der Waals surface area contributed by atoms with E-state index in [1.54, 1.807) is 13.0 Å². The van der Waals surface area contributed by atoms with Gasteiger partial charge in [0, 0.05) is 12.3 Å². The highest BCUT2D eigenvalue weighted by Gasteiger charge is 2.78. The Morgan fingerprint density at radius 1 is 1.03 bits per heavy atom. The summed E-state index contributed by atoms with van der Waals surface area (Å²) in [7, 11) is 0. The first-order chi connectivity index (χ1) is 15.9. The zero-order valence-corrected chi connectivity index (χ0v) is 20.8. The van der Waals surface area contributed by atoms with E-state index in [0.717, 1.165) is 32.1 Å². The molecule has 13 atom stereocenters. The van der Waals surface area contributed by atoms with E-state index in [1.165, 1.54) is 0 Å². The van der Waals surface area contributed by atoms with Crippen molar-refractivity contribution < 1.29 is 29.3 Å². The largest absolute Gasteiger partial charge is 0.461 e. The number of aliphatic hydroxyl groups excluding tert-OH is 1. The van der Waals surface area contributed by atoms with E-state index >= 15 is 0 Å². The van der Waals surface area contributed by atoms with Gasteiger partial charge in [-0.15, -0.1) is 0 Å². The lowest BCUT2D eigenvalue weighted by Crippen LogP contribution is -2.66. The van der Waals surface area contributed by atoms with Gasteiger partial charge in [-0.3, -0.25) is 9.59 Å². The zero-order chi connectivity index (χ0) is 24.1. The van der Waals surface area contributed by atoms with Crippen molar-refractivity contribution in [2.75, 3.05) is 0 Å². The van der Waals surface area contributed by atoms with E-state index < -0.39 is 22.5 Å². The number of fused-ring (bicyclic) bond motifs is 7. The Morgan fingerprint density at radius 2 is 1.79 bits per heavy atom. The highest BCUT2D eigenvalue weighted by molar-refractivity contribution is 5.97. The van der Waals surface area contributed by atoms with Gasteiger partial charge >= 0.3 is 5.97 Å². The fourth-order valence-corrected chi connectivity index (χ4v) is 10.6. The van der Waals surface area contributed by atoms with E-state index in [-0.39, 0.29) is 52.7 Å². The van der Waals surface area contributed by atoms with Gasteiger partial charge < -0.3 is 19.7 Å². The normalized spacial score (nSPS) is 63.5. The molecule has 3 aliphatic heterocycles. The van der Waals surface area contributed by atoms with Gasteiger partial charge in [-0.25, -0.2) is 0 Å². The van der Waals surface area contributed by atoms with Crippen LogP contribution in [-0.4, -0.2) is 51.5 Å². The summed E-state index contributed by atoms with van der Waals surface area (Å²) in [5, 5.41) is 22.6. The topological polar surface area (TPSA) is 96.4 Å². The number of rotatable bonds is 1. The predicted molar refractivity (Wildman–Crippen MR) is 122 cm³/mol. The van der Waals surface area contributed by atoms with E-state index in [0.29, 0.717) is 24.7 Å². The number of carbonyl (C=O) groups excluding carboxylic acids is 2. The Bertz CT molecular complexity index is 1020. The van der Waals surface area contributed by atoms with Crippen LogP contribution < -0.4 is 0 Å². The van der Waals surface area contributed by atoms with Crippen molar-refractivity contribution in [2.45, 2.75) is 102 Å². The Labute approximate surface area is 201 Å². The number of ether oxygens (including phenoxy) is 2. The average Bonchev–Trinajstić information content (AvgIpc) is 3.38. The van der Waals surface area contributed by atoms with Gasteiger partial charge in [-0.1, -0.05) is 13.0 Å². The van der Waals surface area contributed by atoms with E-state index in [1.807, 2.05) is 13.0 Å². The molecule has 6 heteroatoms. The molecule has 5 aliphatic carbocycles. The molecule has 34 heavy (non-hydrogen) atoms. The first-order valence-electron chi connectivity index (χ1n) is 13.4. The molecule has 0 unspecified atom stereocenters. The molecule has 7 fully saturated rings. The van der Waals surface area contributed by atoms with Crippen LogP contribution in [0.3, 0.4) is 0 Å². The van der Waals surface area contributed by atoms with Crippen LogP contribution in [0.15, 0.2) is 12.2 Å². The smallest absolute Gasteiger partial charge is 0.315 e. The quantitative estimate of drug-likeness (QED) is 0.451. The van der Waals surface area contributed by atoms with Crippen molar-refractivity contribution in [1.82, 2.24) is 0 Å². The third-order valence-corrected chi connectivity index (χ3v) is 12.7. The van der Waals surface area contributed by atoms with Crippen LogP contribution in [0.4, 0.5) is 0 Å². The lowest BCUT2D eigenvalue weighted by molar-refractivity contribution is -0.245. The molecular formula is C28H38O6. The van der Waals surface area contributed by atoms with Gasteiger partial charge in [0.1, 0.15) is 11.7 Å². The van der Waals surface area contributed by atoms with Gasteiger partial charge in [0.15, 0.2) is 5.78 Å². The van der Waals surface area contributed by atoms with Crippen molar-refractivity contribution >= 4 is 11.8 Å². The summed E-state index contributed by atoms with van der Waals surface area (Å²) >= 11 is 0. The molecule has 3 saturated heterocycles. The Morgan fingerprint density at radius 3 is 2.53 bits per heavy atom. The molecule has 0 amide bonds. The van der Waals surface area contributed by atoms with Gasteiger partial charge in [0.2, 0.25) is 0 Å². The Hall–Kier alpha value is -1.24. The third kappa shape index (κ3) is 2.22. The average molecular weight is 471 g/mol. The highest BCUT2D eigenvalue weighted by Crippen LogP contribution is 2.74. The minimum atomic E-state index is -1.08. The molecule has 2 bridgehead atoms. The number of aliphatic hydroxyl groups is 2. The van der Waals surface area contributed by atoms with Crippen LogP contribution >= 0.6 is 0 Å². The molecule has 0 aromatic heterocycles. The number of carbonyl (C=O) groups is 2. The summed E-state index contributed by atoms with van der Waals surface area (Å²) in [6.07, 6.45) is 8.65. The number of hydrogen-bond donors (Lipinski definition) is 2. The molecule has 8 aliphatic rings. The Balaban J connectivity index is 1.23. The third-order valence-electron chi connectivity index (χ3n) is 12.7. The summed E-state index contributed by atoms with van der Waals surface area (Å²) in [5.41, 5.74) is -2.86. The second kappa shape index (κ2) is 6.18. The molecule has 8 rings (SSSR count). The molecule has 2 N–H and O–H groups in total. The van der Waals surface area contributed by atoms with Crippen molar-refractivity contribution in [1.29, 1.82) is 0 Å². The number of hydrogen-bond acceptors (Lipinski definition) is 6. The minimum Gasteiger partial charge on any atom is -0.461 e. The second-order valence-corrected chi connectivity index (χ2v) is 13.8. The van der Waals surface area contributed by atoms with Crippen molar-refractivity contribution in [3.63, 3.8) is 0 Å². The van der Waals surface area contributed by atoms with Crippen molar-refractivity contribution in [3.8, 4) is 0 Å². The monoisotopic (exact) mass is 470 g/mol. The van der Waals surface area contributed by atoms with Crippen LogP contribution in [0.5, 0.6) is 0 Å². The molecule has 1 spiro atoms. The molecule has 3 heterocycles. The first-order valence-corrected chi connectivity index (χ1v) is 13.4. The zero-order valence-electron chi connectivity index (χ0n) is 20.8. The van der Waals surface area contributed by atoms with Crippen molar-refractivity contribution in [2.24, 2.45) is 45.8 Å².